The van der Waals surface area contributed by atoms with Gasteiger partial charge in [0.05, 0.1) is 11.4 Å². The fourth-order valence-electron chi connectivity index (χ4n) is 2.52. The van der Waals surface area contributed by atoms with Gasteiger partial charge in [0.15, 0.2) is 0 Å². The lowest BCUT2D eigenvalue weighted by Gasteiger charge is -2.19. The Kier molecular flexibility index (Phi) is 4.55. The maximum Gasteiger partial charge on any atom is 0.225 e. The van der Waals surface area contributed by atoms with E-state index in [1.807, 2.05) is 0 Å². The van der Waals surface area contributed by atoms with Crippen LogP contribution in [0.25, 0.3) is 0 Å². The summed E-state index contributed by atoms with van der Waals surface area (Å²) in [5, 5.41) is 3.39. The average Bonchev–Trinajstić information content (AvgIpc) is 2.71. The maximum atomic E-state index is 12.0. The number of hydrogen-bond donors (Lipinski definition) is 2. The summed E-state index contributed by atoms with van der Waals surface area (Å²) >= 11 is 5.90. The molecule has 0 unspecified atom stereocenters. The summed E-state index contributed by atoms with van der Waals surface area (Å²) < 4.78 is 0. The van der Waals surface area contributed by atoms with Crippen LogP contribution < -0.4 is 11.1 Å². The first-order chi connectivity index (χ1) is 9.35. The minimum atomic E-state index is -0.0244. The first-order valence-corrected chi connectivity index (χ1v) is 7.31. The number of nitrogens with two attached hydrogens (primary N) is 1. The number of anilines is 2. The highest BCUT2D eigenvalue weighted by Gasteiger charge is 2.28. The highest BCUT2D eigenvalue weighted by atomic mass is 35.5. The summed E-state index contributed by atoms with van der Waals surface area (Å²) in [5.41, 5.74) is 7.30. The highest BCUT2D eigenvalue weighted by Crippen LogP contribution is 2.28. The van der Waals surface area contributed by atoms with E-state index in [1.54, 1.807) is 18.2 Å². The van der Waals surface area contributed by atoms with Crippen molar-refractivity contribution in [2.45, 2.75) is 26.7 Å². The molecule has 1 heterocycles. The van der Waals surface area contributed by atoms with Crippen molar-refractivity contribution in [2.75, 3.05) is 30.7 Å². The van der Waals surface area contributed by atoms with E-state index in [0.29, 0.717) is 28.2 Å². The van der Waals surface area contributed by atoms with E-state index in [2.05, 4.69) is 24.1 Å². The van der Waals surface area contributed by atoms with Gasteiger partial charge in [0.25, 0.3) is 0 Å². The quantitative estimate of drug-likeness (QED) is 0.840. The zero-order valence-corrected chi connectivity index (χ0v) is 12.8. The molecule has 0 bridgehead atoms. The van der Waals surface area contributed by atoms with Crippen LogP contribution in [0.15, 0.2) is 18.2 Å². The predicted octanol–water partition coefficient (Wildman–Crippen LogP) is 2.98. The molecule has 1 amide bonds. The Labute approximate surface area is 125 Å². The van der Waals surface area contributed by atoms with Crippen LogP contribution >= 0.6 is 11.6 Å². The molecule has 1 aliphatic heterocycles. The Morgan fingerprint density at radius 2 is 2.25 bits per heavy atom. The first-order valence-electron chi connectivity index (χ1n) is 6.93. The smallest absolute Gasteiger partial charge is 0.225 e. The number of carbonyl (C=O) groups is 1. The summed E-state index contributed by atoms with van der Waals surface area (Å²) in [6.07, 6.45) is 1.66. The number of rotatable bonds is 4. The van der Waals surface area contributed by atoms with Crippen LogP contribution in [0.3, 0.4) is 0 Å². The molecular weight excluding hydrogens is 274 g/mol. The van der Waals surface area contributed by atoms with Gasteiger partial charge in [-0.05, 0) is 36.6 Å². The zero-order chi connectivity index (χ0) is 14.8. The van der Waals surface area contributed by atoms with Crippen LogP contribution in [0.4, 0.5) is 11.4 Å². The van der Waals surface area contributed by atoms with Crippen molar-refractivity contribution in [3.05, 3.63) is 23.2 Å². The van der Waals surface area contributed by atoms with E-state index in [9.17, 15) is 4.79 Å². The van der Waals surface area contributed by atoms with Crippen LogP contribution in [0.2, 0.25) is 5.02 Å². The molecule has 4 nitrogen and oxygen atoms in total. The Bertz CT molecular complexity index is 502. The third-order valence-corrected chi connectivity index (χ3v) is 3.94. The normalized spacial score (nSPS) is 18.1. The molecule has 3 N–H and O–H groups in total. The van der Waals surface area contributed by atoms with Crippen molar-refractivity contribution in [3.63, 3.8) is 0 Å². The Morgan fingerprint density at radius 3 is 2.90 bits per heavy atom. The molecule has 0 saturated carbocycles. The van der Waals surface area contributed by atoms with Crippen molar-refractivity contribution >= 4 is 28.9 Å². The fraction of sp³-hybridized carbons (Fsp3) is 0.533. The van der Waals surface area contributed by atoms with Crippen LogP contribution in [0.5, 0.6) is 0 Å². The molecular formula is C15H22ClN3O. The van der Waals surface area contributed by atoms with Gasteiger partial charge in [-0.15, -0.1) is 0 Å². The van der Waals surface area contributed by atoms with Crippen molar-refractivity contribution in [1.29, 1.82) is 0 Å². The largest absolute Gasteiger partial charge is 0.397 e. The lowest BCUT2D eigenvalue weighted by Crippen LogP contribution is -2.27. The number of halogens is 1. The summed E-state index contributed by atoms with van der Waals surface area (Å²) in [5.74, 6) is -0.0244. The minimum absolute atomic E-state index is 0.0244. The summed E-state index contributed by atoms with van der Waals surface area (Å²) in [6.45, 7) is 7.44. The van der Waals surface area contributed by atoms with Crippen molar-refractivity contribution in [1.82, 2.24) is 4.90 Å². The van der Waals surface area contributed by atoms with Gasteiger partial charge in [-0.25, -0.2) is 0 Å². The Morgan fingerprint density at radius 1 is 1.50 bits per heavy atom. The topological polar surface area (TPSA) is 58.4 Å². The van der Waals surface area contributed by atoms with E-state index < -0.39 is 0 Å². The first kappa shape index (κ1) is 15.1. The van der Waals surface area contributed by atoms with Crippen molar-refractivity contribution in [3.8, 4) is 0 Å². The number of nitrogens with zero attached hydrogens (tertiary/aromatic N) is 1. The van der Waals surface area contributed by atoms with Crippen LogP contribution in [0, 0.1) is 5.41 Å². The second-order valence-corrected chi connectivity index (χ2v) is 6.66. The lowest BCUT2D eigenvalue weighted by atomic mass is 9.93. The maximum absolute atomic E-state index is 12.0. The number of likely N-dealkylation sites (tertiary alicyclic amines) is 1. The Hall–Kier alpha value is -1.26. The molecule has 20 heavy (non-hydrogen) atoms. The molecule has 2 rings (SSSR count). The summed E-state index contributed by atoms with van der Waals surface area (Å²) in [6, 6.07) is 5.08. The van der Waals surface area contributed by atoms with Gasteiger partial charge in [0, 0.05) is 24.5 Å². The fourth-order valence-corrected chi connectivity index (χ4v) is 2.70. The second-order valence-electron chi connectivity index (χ2n) is 6.22. The predicted molar refractivity (Wildman–Crippen MR) is 83.9 cm³/mol. The number of carbonyl (C=O) groups excluding carboxylic acids is 1. The van der Waals surface area contributed by atoms with Crippen LogP contribution in [0.1, 0.15) is 26.7 Å². The van der Waals surface area contributed by atoms with Gasteiger partial charge < -0.3 is 16.0 Å². The molecule has 110 valence electrons. The monoisotopic (exact) mass is 295 g/mol. The molecule has 1 saturated heterocycles. The number of nitrogens with one attached hydrogen (secondary N) is 1. The molecule has 0 aromatic heterocycles. The number of benzene rings is 1. The van der Waals surface area contributed by atoms with Gasteiger partial charge >= 0.3 is 0 Å². The standard InChI is InChI=1S/C15H22ClN3O/c1-15(2)6-8-19(10-15)7-5-14(20)18-13-9-11(16)3-4-12(13)17/h3-4,9H,5-8,10,17H2,1-2H3,(H,18,20). The zero-order valence-electron chi connectivity index (χ0n) is 12.1. The number of nitrogen functional groups attached to an aromatic ring is 1. The SMILES string of the molecule is CC1(C)CCN(CCC(=O)Nc2cc(Cl)ccc2N)C1. The van der Waals surface area contributed by atoms with Crippen LogP contribution in [-0.2, 0) is 4.79 Å². The van der Waals surface area contributed by atoms with Crippen molar-refractivity contribution < 1.29 is 4.79 Å². The van der Waals surface area contributed by atoms with Crippen LogP contribution in [-0.4, -0.2) is 30.4 Å². The molecule has 5 heteroatoms. The van der Waals surface area contributed by atoms with Gasteiger partial charge in [-0.3, -0.25) is 4.79 Å². The summed E-state index contributed by atoms with van der Waals surface area (Å²) in [7, 11) is 0. The molecule has 1 aromatic rings. The van der Waals surface area contributed by atoms with E-state index in [1.165, 1.54) is 6.42 Å². The molecule has 0 aliphatic carbocycles. The molecule has 1 aliphatic rings. The van der Waals surface area contributed by atoms with Crippen molar-refractivity contribution in [2.24, 2.45) is 5.41 Å². The minimum Gasteiger partial charge on any atom is -0.397 e. The van der Waals surface area contributed by atoms with Gasteiger partial charge in [0.2, 0.25) is 5.91 Å². The molecule has 0 radical (unpaired) electrons. The second kappa shape index (κ2) is 6.02. The van der Waals surface area contributed by atoms with E-state index in [-0.39, 0.29) is 5.91 Å². The summed E-state index contributed by atoms with van der Waals surface area (Å²) in [4.78, 5) is 14.3. The molecule has 0 spiro atoms. The van der Waals surface area contributed by atoms with E-state index in [0.717, 1.165) is 19.6 Å². The number of hydrogen-bond acceptors (Lipinski definition) is 3. The van der Waals surface area contributed by atoms with E-state index in [4.69, 9.17) is 17.3 Å². The molecule has 1 aromatic carbocycles. The average molecular weight is 296 g/mol. The van der Waals surface area contributed by atoms with Gasteiger partial charge in [-0.2, -0.15) is 0 Å². The lowest BCUT2D eigenvalue weighted by molar-refractivity contribution is -0.116. The molecule has 0 atom stereocenters. The molecule has 1 fully saturated rings. The van der Waals surface area contributed by atoms with Gasteiger partial charge in [0.1, 0.15) is 0 Å². The third kappa shape index (κ3) is 4.12. The van der Waals surface area contributed by atoms with E-state index >= 15 is 0 Å². The number of amides is 1. The Balaban J connectivity index is 1.83. The highest BCUT2D eigenvalue weighted by molar-refractivity contribution is 6.31. The van der Waals surface area contributed by atoms with Gasteiger partial charge in [-0.1, -0.05) is 25.4 Å². The third-order valence-electron chi connectivity index (χ3n) is 3.70.